The molecule has 0 saturated carbocycles. The number of rotatable bonds is 5. The van der Waals surface area contributed by atoms with E-state index in [1.165, 1.54) is 22.5 Å². The van der Waals surface area contributed by atoms with E-state index in [0.29, 0.717) is 19.4 Å². The van der Waals surface area contributed by atoms with Gasteiger partial charge in [0.15, 0.2) is 0 Å². The maximum Gasteiger partial charge on any atom is 0.244 e. The van der Waals surface area contributed by atoms with Gasteiger partial charge in [0.25, 0.3) is 0 Å². The Hall–Kier alpha value is -0.860. The minimum atomic E-state index is -3.81. The van der Waals surface area contributed by atoms with Crippen LogP contribution in [0, 0.1) is 5.92 Å². The van der Waals surface area contributed by atoms with Gasteiger partial charge in [-0.2, -0.15) is 4.31 Å². The second kappa shape index (κ2) is 7.81. The van der Waals surface area contributed by atoms with Crippen molar-refractivity contribution in [3.63, 3.8) is 0 Å². The maximum absolute atomic E-state index is 12.8. The molecule has 2 rings (SSSR count). The Morgan fingerprint density at radius 1 is 1.39 bits per heavy atom. The Balaban J connectivity index is 2.19. The molecule has 9 heteroatoms. The number of nitrogens with zero attached hydrogens (tertiary/aromatic N) is 1. The number of sulfonamides is 1. The average molecular weight is 381 g/mol. The van der Waals surface area contributed by atoms with Crippen LogP contribution in [0.25, 0.3) is 0 Å². The first-order valence-corrected chi connectivity index (χ1v) is 9.39. The third kappa shape index (κ3) is 4.36. The highest BCUT2D eigenvalue weighted by Gasteiger charge is 2.34. The smallest absolute Gasteiger partial charge is 0.244 e. The van der Waals surface area contributed by atoms with Gasteiger partial charge in [0, 0.05) is 24.7 Å². The quantitative estimate of drug-likeness (QED) is 0.810. The largest absolute Gasteiger partial charge is 0.395 e. The number of carbonyl (C=O) groups excluding carboxylic acids is 1. The van der Waals surface area contributed by atoms with Crippen molar-refractivity contribution in [1.29, 1.82) is 0 Å². The van der Waals surface area contributed by atoms with Crippen molar-refractivity contribution in [1.82, 2.24) is 9.62 Å². The zero-order chi connectivity index (χ0) is 17.0. The Kier molecular flexibility index (Phi) is 6.27. The van der Waals surface area contributed by atoms with Crippen LogP contribution in [0.15, 0.2) is 23.1 Å². The van der Waals surface area contributed by atoms with Crippen LogP contribution in [-0.4, -0.2) is 50.0 Å². The van der Waals surface area contributed by atoms with E-state index in [4.69, 9.17) is 28.3 Å². The van der Waals surface area contributed by atoms with E-state index >= 15 is 0 Å². The molecule has 0 spiro atoms. The molecule has 23 heavy (non-hydrogen) atoms. The van der Waals surface area contributed by atoms with E-state index in [1.807, 2.05) is 0 Å². The average Bonchev–Trinajstić information content (AvgIpc) is 2.54. The number of hydrogen-bond acceptors (Lipinski definition) is 4. The first-order valence-electron chi connectivity index (χ1n) is 7.20. The third-order valence-corrected chi connectivity index (χ3v) is 6.26. The molecule has 1 saturated heterocycles. The van der Waals surface area contributed by atoms with E-state index in [-0.39, 0.29) is 40.5 Å². The van der Waals surface area contributed by atoms with Crippen LogP contribution in [0.4, 0.5) is 0 Å². The first-order chi connectivity index (χ1) is 10.9. The summed E-state index contributed by atoms with van der Waals surface area (Å²) in [4.78, 5) is 11.9. The summed E-state index contributed by atoms with van der Waals surface area (Å²) in [5, 5.41) is 11.7. The lowest BCUT2D eigenvalue weighted by Gasteiger charge is -2.31. The molecule has 1 aromatic rings. The molecule has 0 bridgehead atoms. The predicted octanol–water partition coefficient (Wildman–Crippen LogP) is 1.50. The van der Waals surface area contributed by atoms with Crippen LogP contribution in [0.2, 0.25) is 10.0 Å². The van der Waals surface area contributed by atoms with E-state index in [2.05, 4.69) is 5.32 Å². The lowest BCUT2D eigenvalue weighted by molar-refractivity contribution is -0.126. The van der Waals surface area contributed by atoms with Crippen LogP contribution in [0.3, 0.4) is 0 Å². The summed E-state index contributed by atoms with van der Waals surface area (Å²) in [5.41, 5.74) is 0. The molecule has 1 aliphatic rings. The van der Waals surface area contributed by atoms with Gasteiger partial charge in [0.1, 0.15) is 4.90 Å². The van der Waals surface area contributed by atoms with E-state index in [1.54, 1.807) is 0 Å². The normalized spacial score (nSPS) is 19.5. The molecule has 1 heterocycles. The topological polar surface area (TPSA) is 86.7 Å². The minimum Gasteiger partial charge on any atom is -0.395 e. The van der Waals surface area contributed by atoms with Crippen molar-refractivity contribution >= 4 is 39.1 Å². The van der Waals surface area contributed by atoms with E-state index < -0.39 is 15.9 Å². The second-order valence-electron chi connectivity index (χ2n) is 5.29. The zero-order valence-electron chi connectivity index (χ0n) is 12.3. The van der Waals surface area contributed by atoms with Gasteiger partial charge in [-0.3, -0.25) is 4.79 Å². The standard InChI is InChI=1S/C14H18Cl2N2O4S/c15-11-3-4-12(16)13(8-11)23(21,22)18-6-1-2-10(9-18)14(20)17-5-7-19/h3-4,8,10,19H,1-2,5-7,9H2,(H,17,20)/t10-/m1/s1. The maximum atomic E-state index is 12.8. The molecule has 128 valence electrons. The lowest BCUT2D eigenvalue weighted by Crippen LogP contribution is -2.45. The van der Waals surface area contributed by atoms with Gasteiger partial charge in [-0.25, -0.2) is 8.42 Å². The van der Waals surface area contributed by atoms with E-state index in [9.17, 15) is 13.2 Å². The molecule has 6 nitrogen and oxygen atoms in total. The molecule has 0 unspecified atom stereocenters. The fourth-order valence-corrected chi connectivity index (χ4v) is 4.77. The Labute approximate surface area is 145 Å². The summed E-state index contributed by atoms with van der Waals surface area (Å²) in [6.07, 6.45) is 1.18. The molecule has 2 N–H and O–H groups in total. The number of aliphatic hydroxyl groups excluding tert-OH is 1. The van der Waals surface area contributed by atoms with Gasteiger partial charge in [0.05, 0.1) is 17.5 Å². The second-order valence-corrected chi connectivity index (χ2v) is 8.04. The number of halogens is 2. The number of amides is 1. The number of nitrogens with one attached hydrogen (secondary N) is 1. The van der Waals surface area contributed by atoms with Crippen molar-refractivity contribution in [3.05, 3.63) is 28.2 Å². The molecular formula is C14H18Cl2N2O4S. The van der Waals surface area contributed by atoms with Crippen molar-refractivity contribution in [2.24, 2.45) is 5.92 Å². The van der Waals surface area contributed by atoms with Crippen molar-refractivity contribution in [2.75, 3.05) is 26.2 Å². The highest BCUT2D eigenvalue weighted by molar-refractivity contribution is 7.89. The number of piperidine rings is 1. The zero-order valence-corrected chi connectivity index (χ0v) is 14.7. The summed E-state index contributed by atoms with van der Waals surface area (Å²) in [5.74, 6) is -0.695. The van der Waals surface area contributed by atoms with Crippen LogP contribution < -0.4 is 5.32 Å². The van der Waals surface area contributed by atoms with Crippen molar-refractivity contribution in [3.8, 4) is 0 Å². The molecular weight excluding hydrogens is 363 g/mol. The van der Waals surface area contributed by atoms with Gasteiger partial charge < -0.3 is 10.4 Å². The SMILES string of the molecule is O=C(NCCO)[C@@H]1CCCN(S(=O)(=O)c2cc(Cl)ccc2Cl)C1. The fourth-order valence-electron chi connectivity index (χ4n) is 2.51. The Morgan fingerprint density at radius 2 is 2.13 bits per heavy atom. The van der Waals surface area contributed by atoms with Gasteiger partial charge in [-0.05, 0) is 31.0 Å². The summed E-state index contributed by atoms with van der Waals surface area (Å²) in [6, 6.07) is 4.27. The first kappa shape index (κ1) is 18.5. The predicted molar refractivity (Wildman–Crippen MR) is 88.0 cm³/mol. The molecule has 0 aromatic heterocycles. The van der Waals surface area contributed by atoms with Crippen LogP contribution >= 0.6 is 23.2 Å². The van der Waals surface area contributed by atoms with Gasteiger partial charge in [-0.15, -0.1) is 0 Å². The molecule has 1 aromatic carbocycles. The van der Waals surface area contributed by atoms with Crippen molar-refractivity contribution in [2.45, 2.75) is 17.7 Å². The number of hydrogen-bond donors (Lipinski definition) is 2. The molecule has 0 radical (unpaired) electrons. The molecule has 0 aliphatic carbocycles. The van der Waals surface area contributed by atoms with Crippen molar-refractivity contribution < 1.29 is 18.3 Å². The molecule has 1 atom stereocenters. The molecule has 1 fully saturated rings. The van der Waals surface area contributed by atoms with Crippen LogP contribution in [0.1, 0.15) is 12.8 Å². The number of carbonyl (C=O) groups is 1. The number of aliphatic hydroxyl groups is 1. The highest BCUT2D eigenvalue weighted by atomic mass is 35.5. The summed E-state index contributed by atoms with van der Waals surface area (Å²) in [6.45, 7) is 0.415. The Morgan fingerprint density at radius 3 is 2.83 bits per heavy atom. The molecule has 1 amide bonds. The Bertz CT molecular complexity index is 681. The summed E-state index contributed by atoms with van der Waals surface area (Å²) < 4.78 is 26.8. The fraction of sp³-hybridized carbons (Fsp3) is 0.500. The summed E-state index contributed by atoms with van der Waals surface area (Å²) >= 11 is 11.9. The highest BCUT2D eigenvalue weighted by Crippen LogP contribution is 2.30. The summed E-state index contributed by atoms with van der Waals surface area (Å²) in [7, 11) is -3.81. The van der Waals surface area contributed by atoms with Crippen LogP contribution in [-0.2, 0) is 14.8 Å². The van der Waals surface area contributed by atoms with Gasteiger partial charge >= 0.3 is 0 Å². The van der Waals surface area contributed by atoms with Gasteiger partial charge in [0.2, 0.25) is 15.9 Å². The molecule has 1 aliphatic heterocycles. The lowest BCUT2D eigenvalue weighted by atomic mass is 9.99. The minimum absolute atomic E-state index is 0.0527. The van der Waals surface area contributed by atoms with Crippen LogP contribution in [0.5, 0.6) is 0 Å². The monoisotopic (exact) mass is 380 g/mol. The van der Waals surface area contributed by atoms with Gasteiger partial charge in [-0.1, -0.05) is 23.2 Å². The van der Waals surface area contributed by atoms with E-state index in [0.717, 1.165) is 0 Å². The number of benzene rings is 1. The third-order valence-electron chi connectivity index (χ3n) is 3.68.